The van der Waals surface area contributed by atoms with Gasteiger partial charge in [-0.3, -0.25) is 0 Å². The van der Waals surface area contributed by atoms with Gasteiger partial charge in [0.25, 0.3) is 0 Å². The second-order valence-corrected chi connectivity index (χ2v) is 5.92. The Bertz CT molecular complexity index is 413. The third-order valence-electron chi connectivity index (χ3n) is 4.05. The first-order valence-electron chi connectivity index (χ1n) is 7.93. The molecule has 2 rings (SSSR count). The average Bonchev–Trinajstić information content (AvgIpc) is 2.45. The molecule has 1 N–H and O–H groups in total. The van der Waals surface area contributed by atoms with Crippen molar-refractivity contribution in [3.63, 3.8) is 0 Å². The highest BCUT2D eigenvalue weighted by Gasteiger charge is 2.19. The molecule has 0 amide bonds. The van der Waals surface area contributed by atoms with E-state index in [1.54, 1.807) is 0 Å². The van der Waals surface area contributed by atoms with Crippen molar-refractivity contribution in [2.45, 2.75) is 45.1 Å². The lowest BCUT2D eigenvalue weighted by Crippen LogP contribution is -2.35. The number of ether oxygens (including phenoxy) is 1. The monoisotopic (exact) mass is 297 g/mol. The molecule has 1 unspecified atom stereocenters. The highest BCUT2D eigenvalue weighted by atomic mass is 19.1. The van der Waals surface area contributed by atoms with Gasteiger partial charge in [0, 0.05) is 25.3 Å². The SMILES string of the molecule is CCCNC(Cc1cc(F)cc(F)c1)CC1CCOCC1. The van der Waals surface area contributed by atoms with Crippen LogP contribution in [0, 0.1) is 17.6 Å². The summed E-state index contributed by atoms with van der Waals surface area (Å²) < 4.78 is 32.0. The van der Waals surface area contributed by atoms with Crippen LogP contribution < -0.4 is 5.32 Å². The molecule has 2 nitrogen and oxygen atoms in total. The van der Waals surface area contributed by atoms with E-state index in [1.807, 2.05) is 0 Å². The van der Waals surface area contributed by atoms with Crippen molar-refractivity contribution < 1.29 is 13.5 Å². The van der Waals surface area contributed by atoms with E-state index in [1.165, 1.54) is 12.1 Å². The highest BCUT2D eigenvalue weighted by molar-refractivity contribution is 5.19. The van der Waals surface area contributed by atoms with Gasteiger partial charge in [0.05, 0.1) is 0 Å². The summed E-state index contributed by atoms with van der Waals surface area (Å²) >= 11 is 0. The molecule has 118 valence electrons. The second-order valence-electron chi connectivity index (χ2n) is 5.92. The first-order valence-corrected chi connectivity index (χ1v) is 7.93. The average molecular weight is 297 g/mol. The maximum absolute atomic E-state index is 13.3. The predicted octanol–water partition coefficient (Wildman–Crippen LogP) is 3.69. The number of rotatable bonds is 7. The number of hydrogen-bond acceptors (Lipinski definition) is 2. The Kier molecular flexibility index (Phi) is 6.58. The van der Waals surface area contributed by atoms with Gasteiger partial charge in [-0.2, -0.15) is 0 Å². The maximum atomic E-state index is 13.3. The van der Waals surface area contributed by atoms with Crippen LogP contribution in [0.2, 0.25) is 0 Å². The zero-order chi connectivity index (χ0) is 15.1. The number of hydrogen-bond donors (Lipinski definition) is 1. The molecule has 1 aromatic carbocycles. The van der Waals surface area contributed by atoms with Crippen LogP contribution in [0.5, 0.6) is 0 Å². The molecule has 1 fully saturated rings. The second kappa shape index (κ2) is 8.44. The largest absolute Gasteiger partial charge is 0.381 e. The Balaban J connectivity index is 1.97. The Morgan fingerprint density at radius 3 is 2.48 bits per heavy atom. The molecule has 1 saturated heterocycles. The van der Waals surface area contributed by atoms with Gasteiger partial charge in [-0.15, -0.1) is 0 Å². The van der Waals surface area contributed by atoms with Crippen LogP contribution in [0.15, 0.2) is 18.2 Å². The van der Waals surface area contributed by atoms with Crippen molar-refractivity contribution in [2.75, 3.05) is 19.8 Å². The first-order chi connectivity index (χ1) is 10.2. The van der Waals surface area contributed by atoms with Gasteiger partial charge < -0.3 is 10.1 Å². The number of nitrogens with one attached hydrogen (secondary N) is 1. The Hall–Kier alpha value is -1.00. The first kappa shape index (κ1) is 16.4. The molecule has 1 heterocycles. The van der Waals surface area contributed by atoms with Gasteiger partial charge in [0.1, 0.15) is 11.6 Å². The lowest BCUT2D eigenvalue weighted by Gasteiger charge is -2.27. The van der Waals surface area contributed by atoms with Crippen LogP contribution >= 0.6 is 0 Å². The summed E-state index contributed by atoms with van der Waals surface area (Å²) in [6.07, 6.45) is 4.94. The molecule has 4 heteroatoms. The van der Waals surface area contributed by atoms with E-state index in [-0.39, 0.29) is 6.04 Å². The zero-order valence-electron chi connectivity index (χ0n) is 12.7. The molecule has 21 heavy (non-hydrogen) atoms. The topological polar surface area (TPSA) is 21.3 Å². The summed E-state index contributed by atoms with van der Waals surface area (Å²) in [7, 11) is 0. The Morgan fingerprint density at radius 1 is 1.19 bits per heavy atom. The number of halogens is 2. The van der Waals surface area contributed by atoms with Gasteiger partial charge >= 0.3 is 0 Å². The number of benzene rings is 1. The van der Waals surface area contributed by atoms with E-state index in [4.69, 9.17) is 4.74 Å². The molecular formula is C17H25F2NO. The molecule has 1 aliphatic rings. The molecule has 0 bridgehead atoms. The summed E-state index contributed by atoms with van der Waals surface area (Å²) in [5, 5.41) is 3.52. The Labute approximate surface area is 125 Å². The lowest BCUT2D eigenvalue weighted by molar-refractivity contribution is 0.0605. The van der Waals surface area contributed by atoms with Gasteiger partial charge in [0.2, 0.25) is 0 Å². The minimum atomic E-state index is -0.495. The van der Waals surface area contributed by atoms with Crippen LogP contribution in [0.3, 0.4) is 0 Å². The van der Waals surface area contributed by atoms with Crippen LogP contribution in [0.1, 0.15) is 38.2 Å². The predicted molar refractivity (Wildman–Crippen MR) is 80.3 cm³/mol. The molecule has 1 aromatic rings. The molecule has 1 atom stereocenters. The van der Waals surface area contributed by atoms with Gasteiger partial charge in [-0.05, 0) is 62.3 Å². The quantitative estimate of drug-likeness (QED) is 0.828. The van der Waals surface area contributed by atoms with Gasteiger partial charge in [-0.25, -0.2) is 8.78 Å². The van der Waals surface area contributed by atoms with Crippen LogP contribution in [0.25, 0.3) is 0 Å². The van der Waals surface area contributed by atoms with Crippen molar-refractivity contribution in [1.29, 1.82) is 0 Å². The van der Waals surface area contributed by atoms with E-state index in [2.05, 4.69) is 12.2 Å². The van der Waals surface area contributed by atoms with Gasteiger partial charge in [-0.1, -0.05) is 6.92 Å². The summed E-state index contributed by atoms with van der Waals surface area (Å²) in [4.78, 5) is 0. The fourth-order valence-electron chi connectivity index (χ4n) is 2.99. The summed E-state index contributed by atoms with van der Waals surface area (Å²) in [6, 6.07) is 4.08. The smallest absolute Gasteiger partial charge is 0.126 e. The summed E-state index contributed by atoms with van der Waals surface area (Å²) in [5.74, 6) is -0.345. The van der Waals surface area contributed by atoms with E-state index >= 15 is 0 Å². The van der Waals surface area contributed by atoms with Crippen molar-refractivity contribution in [3.8, 4) is 0 Å². The van der Waals surface area contributed by atoms with Crippen molar-refractivity contribution in [1.82, 2.24) is 5.32 Å². The van der Waals surface area contributed by atoms with Crippen LogP contribution in [-0.4, -0.2) is 25.8 Å². The third-order valence-corrected chi connectivity index (χ3v) is 4.05. The normalized spacial score (nSPS) is 17.9. The third kappa shape index (κ3) is 5.71. The minimum Gasteiger partial charge on any atom is -0.381 e. The lowest BCUT2D eigenvalue weighted by atomic mass is 9.89. The zero-order valence-corrected chi connectivity index (χ0v) is 12.7. The van der Waals surface area contributed by atoms with Crippen LogP contribution in [0.4, 0.5) is 8.78 Å². The molecule has 0 aliphatic carbocycles. The standard InChI is InChI=1S/C17H25F2NO/c1-2-5-20-17(10-13-3-6-21-7-4-13)11-14-8-15(18)12-16(19)9-14/h8-9,12-13,17,20H,2-7,10-11H2,1H3. The van der Waals surface area contributed by atoms with E-state index in [9.17, 15) is 8.78 Å². The molecule has 0 radical (unpaired) electrons. The molecule has 1 aliphatic heterocycles. The van der Waals surface area contributed by atoms with E-state index < -0.39 is 11.6 Å². The van der Waals surface area contributed by atoms with Crippen molar-refractivity contribution in [2.24, 2.45) is 5.92 Å². The van der Waals surface area contributed by atoms with E-state index in [0.29, 0.717) is 12.3 Å². The van der Waals surface area contributed by atoms with E-state index in [0.717, 1.165) is 57.1 Å². The van der Waals surface area contributed by atoms with Crippen LogP contribution in [-0.2, 0) is 11.2 Å². The van der Waals surface area contributed by atoms with Crippen molar-refractivity contribution >= 4 is 0 Å². The fourth-order valence-corrected chi connectivity index (χ4v) is 2.99. The van der Waals surface area contributed by atoms with Gasteiger partial charge in [0.15, 0.2) is 0 Å². The summed E-state index contributed by atoms with van der Waals surface area (Å²) in [6.45, 7) is 4.73. The maximum Gasteiger partial charge on any atom is 0.126 e. The summed E-state index contributed by atoms with van der Waals surface area (Å²) in [5.41, 5.74) is 0.730. The molecule has 0 spiro atoms. The van der Waals surface area contributed by atoms with Crippen molar-refractivity contribution in [3.05, 3.63) is 35.4 Å². The highest BCUT2D eigenvalue weighted by Crippen LogP contribution is 2.22. The molecule has 0 aromatic heterocycles. The molecular weight excluding hydrogens is 272 g/mol. The fraction of sp³-hybridized carbons (Fsp3) is 0.647. The molecule has 0 saturated carbocycles. The Morgan fingerprint density at radius 2 is 1.86 bits per heavy atom. The minimum absolute atomic E-state index is 0.272.